The number of carbonyl (C=O) groups is 2. The standard InChI is InChI=1S/C39H58O10/c1-15-29-19(5)32(42)23(9)37(46-29)26(12)39(44)27(13)38(47-31(41)17-18(3)4)25(11)36(49-39)24(10)35-22(8)33(43)21(7)34(48-35)20(6)30(16-2)45-28(14)40/h18,20,24-27,30,36,38,44H,15-17H2,1-14H3/t20-,24-,25+,26-,27-,30-,36-,38-,39+/m0/s1. The summed E-state index contributed by atoms with van der Waals surface area (Å²) in [5.41, 5.74) is 1.37. The van der Waals surface area contributed by atoms with Crippen LogP contribution in [0.15, 0.2) is 18.4 Å². The van der Waals surface area contributed by atoms with Crippen LogP contribution in [-0.4, -0.2) is 41.1 Å². The molecule has 9 atom stereocenters. The first-order chi connectivity index (χ1) is 22.7. The van der Waals surface area contributed by atoms with Crippen molar-refractivity contribution >= 4 is 11.9 Å². The van der Waals surface area contributed by atoms with Crippen LogP contribution in [0.4, 0.5) is 0 Å². The van der Waals surface area contributed by atoms with Gasteiger partial charge in [-0.2, -0.15) is 0 Å². The van der Waals surface area contributed by atoms with Crippen LogP contribution in [0.2, 0.25) is 0 Å². The summed E-state index contributed by atoms with van der Waals surface area (Å²) < 4.78 is 31.3. The molecule has 1 saturated heterocycles. The highest BCUT2D eigenvalue weighted by Gasteiger charge is 2.57. The van der Waals surface area contributed by atoms with E-state index in [0.29, 0.717) is 58.1 Å². The Hall–Kier alpha value is -3.24. The minimum Gasteiger partial charge on any atom is -0.465 e. The molecule has 1 aliphatic rings. The van der Waals surface area contributed by atoms with Crippen LogP contribution in [0.25, 0.3) is 0 Å². The first-order valence-corrected chi connectivity index (χ1v) is 17.8. The van der Waals surface area contributed by atoms with Crippen LogP contribution >= 0.6 is 0 Å². The van der Waals surface area contributed by atoms with E-state index in [1.54, 1.807) is 41.5 Å². The van der Waals surface area contributed by atoms with E-state index >= 15 is 0 Å². The Bertz CT molecular complexity index is 1630. The zero-order chi connectivity index (χ0) is 37.3. The van der Waals surface area contributed by atoms with Crippen molar-refractivity contribution in [2.45, 2.75) is 158 Å². The molecule has 274 valence electrons. The fourth-order valence-corrected chi connectivity index (χ4v) is 7.57. The second kappa shape index (κ2) is 15.8. The average Bonchev–Trinajstić information content (AvgIpc) is 3.04. The lowest BCUT2D eigenvalue weighted by Crippen LogP contribution is -2.61. The van der Waals surface area contributed by atoms with Crippen LogP contribution < -0.4 is 10.9 Å². The fourth-order valence-electron chi connectivity index (χ4n) is 7.57. The highest BCUT2D eigenvalue weighted by Crippen LogP contribution is 2.49. The Morgan fingerprint density at radius 1 is 0.857 bits per heavy atom. The van der Waals surface area contributed by atoms with Crippen LogP contribution in [0.3, 0.4) is 0 Å². The van der Waals surface area contributed by atoms with Gasteiger partial charge in [0.2, 0.25) is 0 Å². The second-order valence-electron chi connectivity index (χ2n) is 14.6. The van der Waals surface area contributed by atoms with Crippen molar-refractivity contribution < 1.29 is 37.7 Å². The topological polar surface area (TPSA) is 142 Å². The van der Waals surface area contributed by atoms with Gasteiger partial charge in [-0.3, -0.25) is 19.2 Å². The van der Waals surface area contributed by atoms with Gasteiger partial charge in [0.15, 0.2) is 16.6 Å². The SMILES string of the molecule is CCc1oc([C@H](C)[C@@]2(O)O[C@@H]([C@@H](C)c3oc([C@@H](C)[C@H](CC)OC(C)=O)c(C)c(=O)c3C)[C@@H](C)[C@H](OC(=O)CC(C)C)[C@@H]2C)c(C)c(=O)c1C. The molecule has 1 fully saturated rings. The average molecular weight is 687 g/mol. The normalized spacial score (nSPS) is 25.1. The first kappa shape index (κ1) is 40.2. The van der Waals surface area contributed by atoms with Crippen LogP contribution in [0, 0.1) is 45.4 Å². The molecule has 0 saturated carbocycles. The molecule has 0 aromatic carbocycles. The van der Waals surface area contributed by atoms with E-state index in [4.69, 9.17) is 23.0 Å². The maximum atomic E-state index is 13.7. The third-order valence-corrected chi connectivity index (χ3v) is 10.6. The molecule has 1 aliphatic heterocycles. The van der Waals surface area contributed by atoms with Gasteiger partial charge in [-0.15, -0.1) is 0 Å². The number of aryl methyl sites for hydroxylation is 1. The van der Waals surface area contributed by atoms with E-state index in [0.717, 1.165) is 0 Å². The molecule has 49 heavy (non-hydrogen) atoms. The van der Waals surface area contributed by atoms with Crippen molar-refractivity contribution in [3.05, 3.63) is 65.7 Å². The molecule has 0 aliphatic carbocycles. The molecule has 10 nitrogen and oxygen atoms in total. The molecule has 0 bridgehead atoms. The van der Waals surface area contributed by atoms with Gasteiger partial charge in [0.1, 0.15) is 35.2 Å². The van der Waals surface area contributed by atoms with E-state index in [9.17, 15) is 24.3 Å². The number of hydrogen-bond acceptors (Lipinski definition) is 10. The molecule has 3 rings (SSSR count). The Kier molecular flexibility index (Phi) is 12.9. The van der Waals surface area contributed by atoms with Crippen molar-refractivity contribution in [3.8, 4) is 0 Å². The Morgan fingerprint density at radius 2 is 1.41 bits per heavy atom. The number of hydrogen-bond donors (Lipinski definition) is 1. The lowest BCUT2D eigenvalue weighted by atomic mass is 9.72. The van der Waals surface area contributed by atoms with Crippen LogP contribution in [-0.2, 0) is 30.2 Å². The van der Waals surface area contributed by atoms with Crippen molar-refractivity contribution in [2.75, 3.05) is 0 Å². The van der Waals surface area contributed by atoms with Gasteiger partial charge in [0, 0.05) is 59.8 Å². The number of aliphatic hydroxyl groups is 1. The predicted octanol–water partition coefficient (Wildman–Crippen LogP) is 7.06. The maximum Gasteiger partial charge on any atom is 0.306 e. The van der Waals surface area contributed by atoms with Gasteiger partial charge >= 0.3 is 11.9 Å². The van der Waals surface area contributed by atoms with Gasteiger partial charge < -0.3 is 28.2 Å². The summed E-state index contributed by atoms with van der Waals surface area (Å²) in [6.07, 6.45) is -0.881. The van der Waals surface area contributed by atoms with Gasteiger partial charge in [-0.1, -0.05) is 62.3 Å². The van der Waals surface area contributed by atoms with Gasteiger partial charge in [-0.05, 0) is 40.0 Å². The van der Waals surface area contributed by atoms with Crippen molar-refractivity contribution in [1.29, 1.82) is 0 Å². The third-order valence-electron chi connectivity index (χ3n) is 10.6. The number of rotatable bonds is 12. The summed E-state index contributed by atoms with van der Waals surface area (Å²) in [6.45, 7) is 25.0. The number of ether oxygens (including phenoxy) is 3. The molecular formula is C39H58O10. The maximum absolute atomic E-state index is 13.7. The molecule has 0 amide bonds. The van der Waals surface area contributed by atoms with Crippen molar-refractivity contribution in [3.63, 3.8) is 0 Å². The molecule has 2 aromatic heterocycles. The molecule has 2 aromatic rings. The third kappa shape index (κ3) is 7.90. The van der Waals surface area contributed by atoms with Crippen molar-refractivity contribution in [2.24, 2.45) is 17.8 Å². The lowest BCUT2D eigenvalue weighted by molar-refractivity contribution is -0.331. The monoisotopic (exact) mass is 686 g/mol. The minimum absolute atomic E-state index is 0.0613. The molecular weight excluding hydrogens is 628 g/mol. The van der Waals surface area contributed by atoms with Crippen molar-refractivity contribution in [1.82, 2.24) is 0 Å². The zero-order valence-corrected chi connectivity index (χ0v) is 31.9. The Balaban J connectivity index is 2.22. The molecule has 1 N–H and O–H groups in total. The van der Waals surface area contributed by atoms with E-state index in [1.807, 2.05) is 48.5 Å². The lowest BCUT2D eigenvalue weighted by Gasteiger charge is -2.52. The highest BCUT2D eigenvalue weighted by molar-refractivity contribution is 5.70. The molecule has 0 unspecified atom stereocenters. The van der Waals surface area contributed by atoms with Crippen LogP contribution in [0.5, 0.6) is 0 Å². The predicted molar refractivity (Wildman–Crippen MR) is 187 cm³/mol. The quantitative estimate of drug-likeness (QED) is 0.231. The zero-order valence-electron chi connectivity index (χ0n) is 31.9. The van der Waals surface area contributed by atoms with E-state index < -0.39 is 65.6 Å². The highest BCUT2D eigenvalue weighted by atomic mass is 16.6. The summed E-state index contributed by atoms with van der Waals surface area (Å²) in [4.78, 5) is 52.0. The molecule has 0 radical (unpaired) electrons. The second-order valence-corrected chi connectivity index (χ2v) is 14.6. The minimum atomic E-state index is -1.95. The summed E-state index contributed by atoms with van der Waals surface area (Å²) in [5.74, 6) is -4.12. The largest absolute Gasteiger partial charge is 0.465 e. The summed E-state index contributed by atoms with van der Waals surface area (Å²) in [6, 6.07) is 0. The van der Waals surface area contributed by atoms with Crippen LogP contribution in [0.1, 0.15) is 145 Å². The summed E-state index contributed by atoms with van der Waals surface area (Å²) in [5, 5.41) is 12.6. The Labute approximate surface area is 290 Å². The van der Waals surface area contributed by atoms with Gasteiger partial charge in [0.05, 0.1) is 17.9 Å². The fraction of sp³-hybridized carbons (Fsp3) is 0.692. The summed E-state index contributed by atoms with van der Waals surface area (Å²) >= 11 is 0. The smallest absolute Gasteiger partial charge is 0.306 e. The number of esters is 2. The Morgan fingerprint density at radius 3 is 1.94 bits per heavy atom. The molecule has 0 spiro atoms. The van der Waals surface area contributed by atoms with E-state index in [1.165, 1.54) is 6.92 Å². The van der Waals surface area contributed by atoms with E-state index in [-0.39, 0.29) is 23.2 Å². The number of carbonyl (C=O) groups excluding carboxylic acids is 2. The summed E-state index contributed by atoms with van der Waals surface area (Å²) in [7, 11) is 0. The van der Waals surface area contributed by atoms with E-state index in [2.05, 4.69) is 0 Å². The first-order valence-electron chi connectivity index (χ1n) is 17.8. The van der Waals surface area contributed by atoms with Gasteiger partial charge in [0.25, 0.3) is 0 Å². The molecule has 3 heterocycles. The van der Waals surface area contributed by atoms with Gasteiger partial charge in [-0.25, -0.2) is 0 Å². The molecule has 10 heteroatoms.